The molecule has 0 amide bonds. The van der Waals surface area contributed by atoms with E-state index >= 15 is 0 Å². The summed E-state index contributed by atoms with van der Waals surface area (Å²) in [6.07, 6.45) is 4.51. The highest BCUT2D eigenvalue weighted by molar-refractivity contribution is 6.73. The van der Waals surface area contributed by atoms with Crippen molar-refractivity contribution in [3.05, 3.63) is 0 Å². The number of nitrogens with zero attached hydrogens (tertiary/aromatic N) is 1. The molecule has 0 spiro atoms. The predicted molar refractivity (Wildman–Crippen MR) is 92.0 cm³/mol. The number of esters is 1. The lowest BCUT2D eigenvalue weighted by Gasteiger charge is -2.36. The van der Waals surface area contributed by atoms with Gasteiger partial charge in [0.1, 0.15) is 6.07 Å². The molecule has 5 heteroatoms. The lowest BCUT2D eigenvalue weighted by Crippen LogP contribution is -2.51. The van der Waals surface area contributed by atoms with E-state index in [1.807, 2.05) is 0 Å². The molecule has 0 radical (unpaired) electrons. The number of hydrogen-bond donors (Lipinski definition) is 0. The van der Waals surface area contributed by atoms with E-state index in [9.17, 15) is 10.1 Å². The standard InChI is InChI=1S/C17H33NO3Si/c1-6-11-12-13-14-17(15-18,16(19)20-7-2)21-22(8-3,9-4)10-5/h6-14H2,1-5H3. The Bertz CT molecular complexity index is 355. The molecule has 0 aromatic carbocycles. The van der Waals surface area contributed by atoms with Crippen molar-refractivity contribution >= 4 is 14.3 Å². The predicted octanol–water partition coefficient (Wildman–Crippen LogP) is 4.80. The van der Waals surface area contributed by atoms with Gasteiger partial charge in [-0.15, -0.1) is 0 Å². The molecule has 4 nitrogen and oxygen atoms in total. The van der Waals surface area contributed by atoms with Crippen LogP contribution in [0.25, 0.3) is 0 Å². The summed E-state index contributed by atoms with van der Waals surface area (Å²) in [4.78, 5) is 12.4. The van der Waals surface area contributed by atoms with E-state index in [0.717, 1.165) is 43.8 Å². The van der Waals surface area contributed by atoms with Gasteiger partial charge in [0, 0.05) is 6.42 Å². The van der Waals surface area contributed by atoms with Crippen molar-refractivity contribution in [3.63, 3.8) is 0 Å². The van der Waals surface area contributed by atoms with Gasteiger partial charge in [0.15, 0.2) is 8.32 Å². The van der Waals surface area contributed by atoms with Gasteiger partial charge in [-0.25, -0.2) is 4.79 Å². The van der Waals surface area contributed by atoms with Gasteiger partial charge in [-0.05, 0) is 31.5 Å². The van der Waals surface area contributed by atoms with Crippen molar-refractivity contribution in [1.82, 2.24) is 0 Å². The van der Waals surface area contributed by atoms with Crippen LogP contribution < -0.4 is 0 Å². The number of rotatable bonds is 12. The van der Waals surface area contributed by atoms with Crippen LogP contribution in [0.3, 0.4) is 0 Å². The summed E-state index contributed by atoms with van der Waals surface area (Å²) in [6, 6.07) is 4.92. The van der Waals surface area contributed by atoms with Crippen molar-refractivity contribution in [2.75, 3.05) is 6.61 Å². The van der Waals surface area contributed by atoms with Gasteiger partial charge >= 0.3 is 5.97 Å². The van der Waals surface area contributed by atoms with Crippen molar-refractivity contribution in [3.8, 4) is 6.07 Å². The molecular formula is C17H33NO3Si. The smallest absolute Gasteiger partial charge is 0.352 e. The Morgan fingerprint density at radius 2 is 1.64 bits per heavy atom. The summed E-state index contributed by atoms with van der Waals surface area (Å²) >= 11 is 0. The molecule has 0 aliphatic rings. The van der Waals surface area contributed by atoms with Gasteiger partial charge in [0.2, 0.25) is 5.60 Å². The molecule has 0 rings (SSSR count). The first-order valence-electron chi connectivity index (χ1n) is 8.78. The van der Waals surface area contributed by atoms with Gasteiger partial charge in [0.25, 0.3) is 0 Å². The van der Waals surface area contributed by atoms with Gasteiger partial charge in [0.05, 0.1) is 6.61 Å². The first kappa shape index (κ1) is 21.1. The van der Waals surface area contributed by atoms with Crippen LogP contribution in [0.2, 0.25) is 18.1 Å². The SMILES string of the molecule is CCCCCCC(C#N)(O[Si](CC)(CC)CC)C(=O)OCC. The van der Waals surface area contributed by atoms with Gasteiger partial charge in [-0.1, -0.05) is 47.0 Å². The summed E-state index contributed by atoms with van der Waals surface area (Å²) in [5.74, 6) is -0.499. The second-order valence-corrected chi connectivity index (χ2v) is 10.5. The highest BCUT2D eigenvalue weighted by Gasteiger charge is 2.47. The minimum atomic E-state index is -2.06. The third-order valence-electron chi connectivity index (χ3n) is 4.49. The van der Waals surface area contributed by atoms with Crippen LogP contribution in [0.5, 0.6) is 0 Å². The van der Waals surface area contributed by atoms with E-state index in [0.29, 0.717) is 6.42 Å². The first-order chi connectivity index (χ1) is 10.5. The van der Waals surface area contributed by atoms with E-state index in [1.54, 1.807) is 6.92 Å². The molecule has 128 valence electrons. The van der Waals surface area contributed by atoms with Crippen molar-refractivity contribution < 1.29 is 14.0 Å². The molecule has 0 saturated heterocycles. The number of carbonyl (C=O) groups is 1. The number of hydrogen-bond acceptors (Lipinski definition) is 4. The molecule has 0 aromatic rings. The van der Waals surface area contributed by atoms with Gasteiger partial charge in [-0.2, -0.15) is 5.26 Å². The zero-order valence-corrected chi connectivity index (χ0v) is 16.0. The van der Waals surface area contributed by atoms with E-state index < -0.39 is 19.9 Å². The Morgan fingerprint density at radius 3 is 2.05 bits per heavy atom. The summed E-state index contributed by atoms with van der Waals surface area (Å²) < 4.78 is 11.5. The van der Waals surface area contributed by atoms with E-state index in [-0.39, 0.29) is 6.61 Å². The van der Waals surface area contributed by atoms with Crippen molar-refractivity contribution in [1.29, 1.82) is 5.26 Å². The quantitative estimate of drug-likeness (QED) is 0.293. The van der Waals surface area contributed by atoms with Crippen LogP contribution in [0, 0.1) is 11.3 Å². The maximum Gasteiger partial charge on any atom is 0.352 e. The first-order valence-corrected chi connectivity index (χ1v) is 11.3. The maximum absolute atomic E-state index is 12.4. The van der Waals surface area contributed by atoms with Gasteiger partial charge < -0.3 is 9.16 Å². The Balaban J connectivity index is 5.28. The average Bonchev–Trinajstić information content (AvgIpc) is 2.55. The van der Waals surface area contributed by atoms with Crippen LogP contribution in [-0.2, 0) is 14.0 Å². The van der Waals surface area contributed by atoms with E-state index in [2.05, 4.69) is 33.8 Å². The Labute approximate surface area is 137 Å². The van der Waals surface area contributed by atoms with Crippen LogP contribution >= 0.6 is 0 Å². The van der Waals surface area contributed by atoms with Crippen LogP contribution in [0.1, 0.15) is 66.7 Å². The number of ether oxygens (including phenoxy) is 1. The third kappa shape index (κ3) is 5.73. The normalized spacial score (nSPS) is 14.2. The average molecular weight is 328 g/mol. The molecule has 0 heterocycles. The lowest BCUT2D eigenvalue weighted by molar-refractivity contribution is -0.158. The summed E-state index contributed by atoms with van der Waals surface area (Å²) in [7, 11) is -2.06. The third-order valence-corrected chi connectivity index (χ3v) is 9.14. The van der Waals surface area contributed by atoms with E-state index in [1.165, 1.54) is 0 Å². The second-order valence-electron chi connectivity index (χ2n) is 5.82. The minimum Gasteiger partial charge on any atom is -0.463 e. The van der Waals surface area contributed by atoms with E-state index in [4.69, 9.17) is 9.16 Å². The molecule has 0 aliphatic carbocycles. The number of nitriles is 1. The molecule has 1 atom stereocenters. The Kier molecular flexibility index (Phi) is 10.4. The fourth-order valence-corrected chi connectivity index (χ4v) is 5.61. The van der Waals surface area contributed by atoms with Gasteiger partial charge in [-0.3, -0.25) is 0 Å². The molecule has 0 aromatic heterocycles. The molecule has 0 bridgehead atoms. The van der Waals surface area contributed by atoms with Crippen LogP contribution in [0.15, 0.2) is 0 Å². The lowest BCUT2D eigenvalue weighted by atomic mass is 9.97. The molecule has 0 saturated carbocycles. The molecule has 22 heavy (non-hydrogen) atoms. The summed E-state index contributed by atoms with van der Waals surface area (Å²) in [5, 5.41) is 9.73. The molecule has 0 fully saturated rings. The summed E-state index contributed by atoms with van der Waals surface area (Å²) in [6.45, 7) is 10.5. The van der Waals surface area contributed by atoms with Crippen molar-refractivity contribution in [2.45, 2.75) is 90.5 Å². The summed E-state index contributed by atoms with van der Waals surface area (Å²) in [5.41, 5.74) is -1.40. The van der Waals surface area contributed by atoms with Crippen LogP contribution in [0.4, 0.5) is 0 Å². The maximum atomic E-state index is 12.4. The topological polar surface area (TPSA) is 59.3 Å². The fourth-order valence-electron chi connectivity index (χ4n) is 2.70. The number of unbranched alkanes of at least 4 members (excludes halogenated alkanes) is 3. The number of carbonyl (C=O) groups excluding carboxylic acids is 1. The highest BCUT2D eigenvalue weighted by Crippen LogP contribution is 2.32. The zero-order chi connectivity index (χ0) is 17.1. The fraction of sp³-hybridized carbons (Fsp3) is 0.882. The molecular weight excluding hydrogens is 294 g/mol. The molecule has 1 unspecified atom stereocenters. The minimum absolute atomic E-state index is 0.277. The highest BCUT2D eigenvalue weighted by atomic mass is 28.4. The monoisotopic (exact) mass is 327 g/mol. The Hall–Kier alpha value is -0.863. The Morgan fingerprint density at radius 1 is 1.05 bits per heavy atom. The van der Waals surface area contributed by atoms with Crippen LogP contribution in [-0.4, -0.2) is 26.5 Å². The second kappa shape index (κ2) is 10.8. The largest absolute Gasteiger partial charge is 0.463 e. The zero-order valence-electron chi connectivity index (χ0n) is 15.0. The molecule has 0 aliphatic heterocycles. The van der Waals surface area contributed by atoms with Crippen molar-refractivity contribution in [2.24, 2.45) is 0 Å². The molecule has 0 N–H and O–H groups in total.